The molecule has 0 unspecified atom stereocenters. The summed E-state index contributed by atoms with van der Waals surface area (Å²) in [5, 5.41) is 10.6. The fraction of sp³-hybridized carbons (Fsp3) is 0.615. The molecule has 1 heterocycles. The van der Waals surface area contributed by atoms with Crippen LogP contribution < -0.4 is 0 Å². The van der Waals surface area contributed by atoms with E-state index in [4.69, 9.17) is 0 Å². The average molecular weight is 237 g/mol. The van der Waals surface area contributed by atoms with Crippen LogP contribution in [0.25, 0.3) is 0 Å². The fourth-order valence-corrected chi connectivity index (χ4v) is 3.48. The van der Waals surface area contributed by atoms with E-state index >= 15 is 0 Å². The first kappa shape index (κ1) is 11.9. The molecule has 16 heavy (non-hydrogen) atoms. The molecule has 88 valence electrons. The molecule has 3 heteroatoms. The van der Waals surface area contributed by atoms with Crippen LogP contribution >= 0.6 is 11.8 Å². The summed E-state index contributed by atoms with van der Waals surface area (Å²) in [6.45, 7) is 1.80. The van der Waals surface area contributed by atoms with Gasteiger partial charge in [0.1, 0.15) is 5.03 Å². The minimum atomic E-state index is -0.417. The van der Waals surface area contributed by atoms with Crippen LogP contribution in [0, 0.1) is 5.92 Å². The minimum Gasteiger partial charge on any atom is -0.389 e. The summed E-state index contributed by atoms with van der Waals surface area (Å²) in [4.78, 5) is 4.36. The first-order valence-corrected chi connectivity index (χ1v) is 7.01. The van der Waals surface area contributed by atoms with Crippen LogP contribution in [0.5, 0.6) is 0 Å². The number of aliphatic hydroxyl groups excluding tert-OH is 1. The van der Waals surface area contributed by atoms with Gasteiger partial charge in [-0.25, -0.2) is 4.98 Å². The lowest BCUT2D eigenvalue weighted by Crippen LogP contribution is -2.00. The second-order valence-electron chi connectivity index (χ2n) is 4.54. The summed E-state index contributed by atoms with van der Waals surface area (Å²) in [5.74, 6) is 2.00. The Hall–Kier alpha value is -0.540. The molecule has 2 nitrogen and oxygen atoms in total. The maximum Gasteiger partial charge on any atom is 0.102 e. The molecule has 1 N–H and O–H groups in total. The van der Waals surface area contributed by atoms with Crippen molar-refractivity contribution in [1.29, 1.82) is 0 Å². The van der Waals surface area contributed by atoms with Crippen LogP contribution in [0.3, 0.4) is 0 Å². The molecule has 1 aromatic rings. The van der Waals surface area contributed by atoms with Gasteiger partial charge in [0.25, 0.3) is 0 Å². The third kappa shape index (κ3) is 2.98. The normalized spacial score (nSPS) is 18.9. The Morgan fingerprint density at radius 1 is 1.50 bits per heavy atom. The summed E-state index contributed by atoms with van der Waals surface area (Å²) in [5.41, 5.74) is 0.963. The van der Waals surface area contributed by atoms with Crippen LogP contribution in [0.4, 0.5) is 0 Å². The summed E-state index contributed by atoms with van der Waals surface area (Å²) in [6, 6.07) is 3.86. The molecule has 0 aromatic carbocycles. The van der Waals surface area contributed by atoms with Crippen molar-refractivity contribution in [3.8, 4) is 0 Å². The van der Waals surface area contributed by atoms with E-state index in [0.717, 1.165) is 22.3 Å². The van der Waals surface area contributed by atoms with Gasteiger partial charge in [0.15, 0.2) is 0 Å². The van der Waals surface area contributed by atoms with Gasteiger partial charge in [-0.15, -0.1) is 11.8 Å². The lowest BCUT2D eigenvalue weighted by Gasteiger charge is -2.12. The molecule has 0 amide bonds. The largest absolute Gasteiger partial charge is 0.389 e. The van der Waals surface area contributed by atoms with Crippen molar-refractivity contribution < 1.29 is 5.11 Å². The zero-order chi connectivity index (χ0) is 11.4. The topological polar surface area (TPSA) is 33.1 Å². The van der Waals surface area contributed by atoms with Gasteiger partial charge in [-0.05, 0) is 31.7 Å². The smallest absolute Gasteiger partial charge is 0.102 e. The van der Waals surface area contributed by atoms with Gasteiger partial charge in [0.2, 0.25) is 0 Å². The highest BCUT2D eigenvalue weighted by atomic mass is 32.2. The Kier molecular flexibility index (Phi) is 4.24. The average Bonchev–Trinajstić information content (AvgIpc) is 2.79. The van der Waals surface area contributed by atoms with Gasteiger partial charge in [-0.1, -0.05) is 18.9 Å². The zero-order valence-corrected chi connectivity index (χ0v) is 10.5. The second-order valence-corrected chi connectivity index (χ2v) is 5.54. The maximum absolute atomic E-state index is 9.64. The number of pyridine rings is 1. The van der Waals surface area contributed by atoms with Crippen LogP contribution in [0.2, 0.25) is 0 Å². The van der Waals surface area contributed by atoms with Gasteiger partial charge < -0.3 is 5.11 Å². The summed E-state index contributed by atoms with van der Waals surface area (Å²) < 4.78 is 0. The highest BCUT2D eigenvalue weighted by molar-refractivity contribution is 7.99. The molecular formula is C13H19NOS. The first-order valence-electron chi connectivity index (χ1n) is 6.03. The number of nitrogens with zero attached hydrogens (tertiary/aromatic N) is 1. The SMILES string of the molecule is C[C@@H](O)c1cccnc1SCC1CCCC1. The molecular weight excluding hydrogens is 218 g/mol. The Morgan fingerprint density at radius 3 is 2.94 bits per heavy atom. The highest BCUT2D eigenvalue weighted by Crippen LogP contribution is 2.32. The number of hydrogen-bond acceptors (Lipinski definition) is 3. The van der Waals surface area contributed by atoms with E-state index in [1.807, 2.05) is 18.3 Å². The molecule has 0 saturated heterocycles. The number of rotatable bonds is 4. The fourth-order valence-electron chi connectivity index (χ4n) is 2.22. The molecule has 1 aliphatic rings. The van der Waals surface area contributed by atoms with Crippen LogP contribution in [-0.2, 0) is 0 Å². The molecule has 2 rings (SSSR count). The van der Waals surface area contributed by atoms with E-state index in [1.54, 1.807) is 18.7 Å². The van der Waals surface area contributed by atoms with E-state index in [1.165, 1.54) is 25.7 Å². The lowest BCUT2D eigenvalue weighted by atomic mass is 10.1. The Bertz CT molecular complexity index is 334. The van der Waals surface area contributed by atoms with E-state index in [2.05, 4.69) is 4.98 Å². The van der Waals surface area contributed by atoms with Gasteiger partial charge in [-0.2, -0.15) is 0 Å². The first-order chi connectivity index (χ1) is 7.77. The van der Waals surface area contributed by atoms with Crippen molar-refractivity contribution in [3.05, 3.63) is 23.9 Å². The van der Waals surface area contributed by atoms with E-state index in [0.29, 0.717) is 0 Å². The highest BCUT2D eigenvalue weighted by Gasteiger charge is 2.17. The molecule has 0 bridgehead atoms. The molecule has 1 aliphatic carbocycles. The van der Waals surface area contributed by atoms with E-state index in [-0.39, 0.29) is 0 Å². The Balaban J connectivity index is 1.97. The van der Waals surface area contributed by atoms with Gasteiger partial charge in [0, 0.05) is 17.5 Å². The lowest BCUT2D eigenvalue weighted by molar-refractivity contribution is 0.195. The van der Waals surface area contributed by atoms with E-state index < -0.39 is 6.10 Å². The number of aliphatic hydroxyl groups is 1. The zero-order valence-electron chi connectivity index (χ0n) is 9.72. The molecule has 1 saturated carbocycles. The third-order valence-corrected chi connectivity index (χ3v) is 4.43. The molecule has 0 radical (unpaired) electrons. The Morgan fingerprint density at radius 2 is 2.25 bits per heavy atom. The van der Waals surface area contributed by atoms with Crippen molar-refractivity contribution in [2.24, 2.45) is 5.92 Å². The molecule has 1 aromatic heterocycles. The number of thioether (sulfide) groups is 1. The molecule has 1 atom stereocenters. The molecule has 1 fully saturated rings. The van der Waals surface area contributed by atoms with Gasteiger partial charge in [-0.3, -0.25) is 0 Å². The number of hydrogen-bond donors (Lipinski definition) is 1. The molecule has 0 spiro atoms. The van der Waals surface area contributed by atoms with Crippen molar-refractivity contribution >= 4 is 11.8 Å². The Labute approximate surface area is 101 Å². The number of aromatic nitrogens is 1. The predicted octanol–water partition coefficient (Wildman–Crippen LogP) is 3.42. The monoisotopic (exact) mass is 237 g/mol. The van der Waals surface area contributed by atoms with E-state index in [9.17, 15) is 5.11 Å². The predicted molar refractivity (Wildman–Crippen MR) is 67.6 cm³/mol. The second kappa shape index (κ2) is 5.69. The van der Waals surface area contributed by atoms with Crippen LogP contribution in [0.1, 0.15) is 44.3 Å². The molecule has 0 aliphatic heterocycles. The summed E-state index contributed by atoms with van der Waals surface area (Å²) in [7, 11) is 0. The van der Waals surface area contributed by atoms with Gasteiger partial charge >= 0.3 is 0 Å². The van der Waals surface area contributed by atoms with Crippen LogP contribution in [-0.4, -0.2) is 15.8 Å². The third-order valence-electron chi connectivity index (χ3n) is 3.18. The van der Waals surface area contributed by atoms with Crippen molar-refractivity contribution in [2.75, 3.05) is 5.75 Å². The summed E-state index contributed by atoms with van der Waals surface area (Å²) in [6.07, 6.45) is 6.89. The standard InChI is InChI=1S/C13H19NOS/c1-10(15)12-7-4-8-14-13(12)16-9-11-5-2-3-6-11/h4,7-8,10-11,15H,2-3,5-6,9H2,1H3/t10-/m1/s1. The minimum absolute atomic E-state index is 0.417. The van der Waals surface area contributed by atoms with Gasteiger partial charge in [0.05, 0.1) is 6.10 Å². The summed E-state index contributed by atoms with van der Waals surface area (Å²) >= 11 is 1.80. The maximum atomic E-state index is 9.64. The van der Waals surface area contributed by atoms with Crippen molar-refractivity contribution in [2.45, 2.75) is 43.7 Å². The van der Waals surface area contributed by atoms with Crippen LogP contribution in [0.15, 0.2) is 23.4 Å². The van der Waals surface area contributed by atoms with Crippen molar-refractivity contribution in [3.63, 3.8) is 0 Å². The van der Waals surface area contributed by atoms with Crippen molar-refractivity contribution in [1.82, 2.24) is 4.98 Å². The quantitative estimate of drug-likeness (QED) is 0.815.